The molecule has 16 heteroatoms. The van der Waals surface area contributed by atoms with Gasteiger partial charge in [-0.3, -0.25) is 4.68 Å². The molecule has 1 aliphatic heterocycles. The smallest absolute Gasteiger partial charge is 0.416 e. The molecule has 0 saturated carbocycles. The van der Waals surface area contributed by atoms with Gasteiger partial charge in [-0.15, -0.1) is 5.10 Å². The fourth-order valence-electron chi connectivity index (χ4n) is 4.21. The monoisotopic (exact) mass is 602 g/mol. The molecule has 0 radical (unpaired) electrons. The van der Waals surface area contributed by atoms with Crippen LogP contribution in [0.2, 0.25) is 0 Å². The van der Waals surface area contributed by atoms with Gasteiger partial charge in [0.25, 0.3) is 0 Å². The first-order chi connectivity index (χ1) is 19.2. The van der Waals surface area contributed by atoms with Crippen molar-refractivity contribution in [2.24, 2.45) is 0 Å². The van der Waals surface area contributed by atoms with Crippen LogP contribution in [0.3, 0.4) is 0 Å². The summed E-state index contributed by atoms with van der Waals surface area (Å²) in [5.74, 6) is -1.92. The summed E-state index contributed by atoms with van der Waals surface area (Å²) in [6.07, 6.45) is -6.85. The zero-order chi connectivity index (χ0) is 29.5. The van der Waals surface area contributed by atoms with Gasteiger partial charge in [-0.1, -0.05) is 18.2 Å². The van der Waals surface area contributed by atoms with Gasteiger partial charge in [-0.05, 0) is 35.9 Å². The van der Waals surface area contributed by atoms with Crippen molar-refractivity contribution in [1.82, 2.24) is 19.5 Å². The highest BCUT2D eigenvalue weighted by molar-refractivity contribution is 7.89. The van der Waals surface area contributed by atoms with Gasteiger partial charge in [0.15, 0.2) is 12.1 Å². The molecule has 2 aromatic heterocycles. The number of oxazole rings is 1. The number of alkyl halides is 6. The van der Waals surface area contributed by atoms with Crippen LogP contribution in [0.1, 0.15) is 16.8 Å². The van der Waals surface area contributed by atoms with Crippen molar-refractivity contribution in [3.05, 3.63) is 84.1 Å². The lowest BCUT2D eigenvalue weighted by Crippen LogP contribution is -2.60. The molecular weight excluding hydrogens is 582 g/mol. The Kier molecular flexibility index (Phi) is 7.33. The Morgan fingerprint density at radius 1 is 1.02 bits per heavy atom. The number of hydrogen-bond acceptors (Lipinski definition) is 7. The first kappa shape index (κ1) is 28.6. The molecule has 4 aromatic rings. The van der Waals surface area contributed by atoms with E-state index in [9.17, 15) is 34.8 Å². The minimum Gasteiger partial charge on any atom is -0.451 e. The molecule has 1 saturated heterocycles. The third kappa shape index (κ3) is 6.71. The largest absolute Gasteiger partial charge is 0.451 e. The summed E-state index contributed by atoms with van der Waals surface area (Å²) in [5.41, 5.74) is -0.510. The van der Waals surface area contributed by atoms with E-state index >= 15 is 0 Å². The average Bonchev–Trinajstić information content (AvgIpc) is 3.50. The summed E-state index contributed by atoms with van der Waals surface area (Å²) < 4.78 is 121. The third-order valence-electron chi connectivity index (χ3n) is 6.07. The standard InChI is InChI=1S/C25H20F6N4O5S/c26-24(27,28)14-41(36,37)34-23(12-39-13-23)18-3-1-2-16(8-18)21-9-22(33-35(21)10-19-11-38-15-32-19)40-20-6-4-17(5-7-20)25(29,30)31/h1-9,11,15,34H,10,12-14H2. The first-order valence-electron chi connectivity index (χ1n) is 11.8. The molecule has 0 spiro atoms. The summed E-state index contributed by atoms with van der Waals surface area (Å²) in [5, 5.41) is 4.38. The lowest BCUT2D eigenvalue weighted by Gasteiger charge is -2.42. The fourth-order valence-corrected chi connectivity index (χ4v) is 5.55. The van der Waals surface area contributed by atoms with Crippen molar-refractivity contribution < 1.29 is 48.7 Å². The number of hydrogen-bond donors (Lipinski definition) is 1. The molecule has 218 valence electrons. The minimum absolute atomic E-state index is 0.0289. The van der Waals surface area contributed by atoms with Gasteiger partial charge in [-0.25, -0.2) is 13.4 Å². The lowest BCUT2D eigenvalue weighted by molar-refractivity contribution is -0.137. The fraction of sp³-hybridized carbons (Fsp3) is 0.280. The molecule has 0 aliphatic carbocycles. The number of nitrogens with one attached hydrogen (secondary N) is 1. The average molecular weight is 603 g/mol. The van der Waals surface area contributed by atoms with Gasteiger partial charge in [0.1, 0.15) is 23.2 Å². The van der Waals surface area contributed by atoms with E-state index in [1.54, 1.807) is 24.3 Å². The summed E-state index contributed by atoms with van der Waals surface area (Å²) in [6, 6.07) is 11.9. The normalized spacial score (nSPS) is 15.5. The van der Waals surface area contributed by atoms with Crippen LogP contribution in [0.4, 0.5) is 26.3 Å². The highest BCUT2D eigenvalue weighted by Gasteiger charge is 2.46. The Bertz CT molecular complexity index is 1610. The van der Waals surface area contributed by atoms with Gasteiger partial charge in [0.2, 0.25) is 15.9 Å². The van der Waals surface area contributed by atoms with Crippen LogP contribution < -0.4 is 9.46 Å². The van der Waals surface area contributed by atoms with E-state index in [0.717, 1.165) is 24.3 Å². The molecular formula is C25H20F6N4O5S. The number of sulfonamides is 1. The Balaban J connectivity index is 1.47. The molecule has 0 unspecified atom stereocenters. The number of aromatic nitrogens is 3. The van der Waals surface area contributed by atoms with E-state index in [-0.39, 0.29) is 31.4 Å². The maximum atomic E-state index is 12.9. The van der Waals surface area contributed by atoms with E-state index in [1.165, 1.54) is 23.4 Å². The predicted molar refractivity (Wildman–Crippen MR) is 130 cm³/mol. The molecule has 0 amide bonds. The van der Waals surface area contributed by atoms with Gasteiger partial charge < -0.3 is 13.9 Å². The molecule has 2 aromatic carbocycles. The molecule has 1 fully saturated rings. The molecule has 0 atom stereocenters. The van der Waals surface area contributed by atoms with Crippen LogP contribution in [0.5, 0.6) is 11.6 Å². The highest BCUT2D eigenvalue weighted by Crippen LogP contribution is 2.36. The van der Waals surface area contributed by atoms with Crippen molar-refractivity contribution in [2.45, 2.75) is 24.4 Å². The van der Waals surface area contributed by atoms with E-state index in [2.05, 4.69) is 14.8 Å². The van der Waals surface area contributed by atoms with Crippen LogP contribution >= 0.6 is 0 Å². The van der Waals surface area contributed by atoms with E-state index in [1.807, 2.05) is 0 Å². The maximum absolute atomic E-state index is 12.9. The number of nitrogens with zero attached hydrogens (tertiary/aromatic N) is 3. The Morgan fingerprint density at radius 2 is 1.76 bits per heavy atom. The second kappa shape index (κ2) is 10.5. The molecule has 0 bridgehead atoms. The SMILES string of the molecule is O=S(=O)(CC(F)(F)F)NC1(c2cccc(-c3cc(Oc4ccc(C(F)(F)F)cc4)nn3Cc3cocn3)c2)COC1. The Labute approximate surface area is 228 Å². The van der Waals surface area contributed by atoms with Crippen molar-refractivity contribution in [1.29, 1.82) is 0 Å². The second-order valence-corrected chi connectivity index (χ2v) is 11.0. The number of halogens is 6. The Morgan fingerprint density at radius 3 is 2.34 bits per heavy atom. The third-order valence-corrected chi connectivity index (χ3v) is 7.48. The van der Waals surface area contributed by atoms with E-state index in [0.29, 0.717) is 22.5 Å². The molecule has 3 heterocycles. The first-order valence-corrected chi connectivity index (χ1v) is 13.4. The second-order valence-electron chi connectivity index (χ2n) is 9.26. The summed E-state index contributed by atoms with van der Waals surface area (Å²) in [7, 11) is -4.75. The number of benzene rings is 2. The van der Waals surface area contributed by atoms with Crippen LogP contribution in [0.25, 0.3) is 11.3 Å². The predicted octanol–water partition coefficient (Wildman–Crippen LogP) is 5.10. The van der Waals surface area contributed by atoms with Crippen LogP contribution in [-0.4, -0.2) is 48.3 Å². The molecule has 9 nitrogen and oxygen atoms in total. The van der Waals surface area contributed by atoms with Gasteiger partial charge in [-0.2, -0.15) is 31.1 Å². The quantitative estimate of drug-likeness (QED) is 0.266. The lowest BCUT2D eigenvalue weighted by atomic mass is 9.88. The van der Waals surface area contributed by atoms with Gasteiger partial charge >= 0.3 is 12.4 Å². The Hall–Kier alpha value is -3.89. The van der Waals surface area contributed by atoms with Crippen molar-refractivity contribution >= 4 is 10.0 Å². The van der Waals surface area contributed by atoms with Crippen LogP contribution in [0.15, 0.2) is 71.7 Å². The van der Waals surface area contributed by atoms with Gasteiger partial charge in [0, 0.05) is 11.6 Å². The highest BCUT2D eigenvalue weighted by atomic mass is 32.2. The molecule has 1 N–H and O–H groups in total. The van der Waals surface area contributed by atoms with Crippen molar-refractivity contribution in [2.75, 3.05) is 19.0 Å². The topological polar surface area (TPSA) is 108 Å². The zero-order valence-corrected chi connectivity index (χ0v) is 21.6. The summed E-state index contributed by atoms with van der Waals surface area (Å²) >= 11 is 0. The minimum atomic E-state index is -4.93. The number of rotatable bonds is 9. The van der Waals surface area contributed by atoms with Crippen LogP contribution in [0, 0.1) is 0 Å². The molecule has 41 heavy (non-hydrogen) atoms. The van der Waals surface area contributed by atoms with Crippen molar-refractivity contribution in [3.63, 3.8) is 0 Å². The zero-order valence-electron chi connectivity index (χ0n) is 20.7. The van der Waals surface area contributed by atoms with E-state index in [4.69, 9.17) is 13.9 Å². The van der Waals surface area contributed by atoms with Crippen molar-refractivity contribution in [3.8, 4) is 22.9 Å². The van der Waals surface area contributed by atoms with Gasteiger partial charge in [0.05, 0.1) is 31.0 Å². The number of ether oxygens (including phenoxy) is 2. The van der Waals surface area contributed by atoms with E-state index < -0.39 is 39.2 Å². The molecule has 5 rings (SSSR count). The summed E-state index contributed by atoms with van der Waals surface area (Å²) in [4.78, 5) is 4.06. The maximum Gasteiger partial charge on any atom is 0.416 e. The summed E-state index contributed by atoms with van der Waals surface area (Å²) in [6.45, 7) is -0.277. The molecule has 1 aliphatic rings. The van der Waals surface area contributed by atoms with Crippen LogP contribution in [-0.2, 0) is 33.0 Å².